The molecule has 0 aromatic heterocycles. The minimum absolute atomic E-state index is 0.0291. The lowest BCUT2D eigenvalue weighted by atomic mass is 10.1. The molecule has 4 nitrogen and oxygen atoms in total. The molecule has 4 heteroatoms. The maximum absolute atomic E-state index is 10.2. The molecule has 0 heterocycles. The molecule has 96 valence electrons. The second kappa shape index (κ2) is 10.2. The second-order valence-corrected chi connectivity index (χ2v) is 3.45. The molecule has 0 rings (SSSR count). The number of carboxylic acid groups (broad SMARTS) is 1. The number of aliphatic hydroxyl groups is 2. The van der Waals surface area contributed by atoms with Crippen LogP contribution in [-0.4, -0.2) is 33.5 Å². The number of aliphatic carboxylic acids is 1. The van der Waals surface area contributed by atoms with Crippen molar-refractivity contribution >= 4 is 5.97 Å². The highest BCUT2D eigenvalue weighted by Gasteiger charge is 2.01. The molecule has 0 saturated carbocycles. The monoisotopic (exact) mass is 248 g/mol. The Morgan fingerprint density at radius 1 is 1.33 bits per heavy atom. The first kappa shape index (κ1) is 16.0. The fraction of sp³-hybridized carbons (Fsp3) is 0.357. The zero-order valence-corrected chi connectivity index (χ0v) is 9.91. The van der Waals surface area contributed by atoms with Crippen molar-refractivity contribution in [1.82, 2.24) is 0 Å². The Labute approximate surface area is 107 Å². The van der Waals surface area contributed by atoms with Crippen molar-refractivity contribution in [2.24, 2.45) is 0 Å². The Kier molecular flexibility index (Phi) is 9.03. The van der Waals surface area contributed by atoms with Gasteiger partial charge in [-0.1, -0.05) is 29.9 Å². The van der Waals surface area contributed by atoms with Gasteiger partial charge >= 0.3 is 5.97 Å². The maximum atomic E-state index is 10.2. The standard InChI is InChI=1S/C14H16O4/c1-2-12(15)8-5-3-4-6-9-13(16)10-7-11-14(17)18/h1,3-5,8,12-13,15-16H,7,10-11H2,(H,17,18)/b4-3+,8-5+/t12-,13+/m0/s1. The van der Waals surface area contributed by atoms with Crippen molar-refractivity contribution in [2.45, 2.75) is 31.5 Å². The molecular formula is C14H16O4. The molecule has 0 bridgehead atoms. The molecule has 0 aliphatic rings. The predicted molar refractivity (Wildman–Crippen MR) is 68.4 cm³/mol. The summed E-state index contributed by atoms with van der Waals surface area (Å²) in [5, 5.41) is 26.7. The van der Waals surface area contributed by atoms with Crippen molar-refractivity contribution < 1.29 is 20.1 Å². The van der Waals surface area contributed by atoms with Gasteiger partial charge in [-0.2, -0.15) is 0 Å². The van der Waals surface area contributed by atoms with E-state index in [1.165, 1.54) is 12.2 Å². The number of hydrogen-bond donors (Lipinski definition) is 3. The maximum Gasteiger partial charge on any atom is 0.303 e. The third-order valence-corrected chi connectivity index (χ3v) is 1.87. The first-order valence-electron chi connectivity index (χ1n) is 5.44. The fourth-order valence-electron chi connectivity index (χ4n) is 0.992. The Morgan fingerprint density at radius 3 is 2.67 bits per heavy atom. The first-order chi connectivity index (χ1) is 8.56. The van der Waals surface area contributed by atoms with Gasteiger partial charge in [0.15, 0.2) is 0 Å². The number of terminal acetylenes is 1. The van der Waals surface area contributed by atoms with Gasteiger partial charge in [-0.05, 0) is 25.0 Å². The molecule has 0 aromatic rings. The van der Waals surface area contributed by atoms with Gasteiger partial charge in [-0.25, -0.2) is 0 Å². The Bertz CT molecular complexity index is 404. The summed E-state index contributed by atoms with van der Waals surface area (Å²) in [7, 11) is 0. The lowest BCUT2D eigenvalue weighted by Gasteiger charge is -1.99. The third kappa shape index (κ3) is 10.5. The highest BCUT2D eigenvalue weighted by molar-refractivity contribution is 5.66. The predicted octanol–water partition coefficient (Wildman–Crippen LogP) is 0.712. The summed E-state index contributed by atoms with van der Waals surface area (Å²) >= 11 is 0. The van der Waals surface area contributed by atoms with E-state index in [2.05, 4.69) is 17.8 Å². The quantitative estimate of drug-likeness (QED) is 0.478. The van der Waals surface area contributed by atoms with Crippen LogP contribution in [0.1, 0.15) is 19.3 Å². The van der Waals surface area contributed by atoms with Gasteiger partial charge in [-0.3, -0.25) is 4.79 Å². The van der Waals surface area contributed by atoms with Gasteiger partial charge < -0.3 is 15.3 Å². The number of aliphatic hydroxyl groups excluding tert-OH is 2. The van der Waals surface area contributed by atoms with Crippen LogP contribution in [0.4, 0.5) is 0 Å². The van der Waals surface area contributed by atoms with Crippen LogP contribution >= 0.6 is 0 Å². The van der Waals surface area contributed by atoms with Crippen molar-refractivity contribution in [3.63, 3.8) is 0 Å². The number of carbonyl (C=O) groups is 1. The van der Waals surface area contributed by atoms with E-state index in [0.29, 0.717) is 12.8 Å². The van der Waals surface area contributed by atoms with Crippen LogP contribution in [0.15, 0.2) is 24.3 Å². The minimum Gasteiger partial charge on any atom is -0.481 e. The summed E-state index contributed by atoms with van der Waals surface area (Å²) in [6.07, 6.45) is 10.0. The number of allylic oxidation sites excluding steroid dienone is 3. The molecule has 0 spiro atoms. The minimum atomic E-state index is -0.913. The zero-order chi connectivity index (χ0) is 13.8. The van der Waals surface area contributed by atoms with Gasteiger partial charge in [0.1, 0.15) is 12.2 Å². The van der Waals surface area contributed by atoms with E-state index in [-0.39, 0.29) is 6.42 Å². The van der Waals surface area contributed by atoms with Crippen LogP contribution in [0, 0.1) is 24.2 Å². The number of carboxylic acids is 1. The number of hydrogen-bond acceptors (Lipinski definition) is 3. The van der Waals surface area contributed by atoms with Crippen LogP contribution in [0.5, 0.6) is 0 Å². The van der Waals surface area contributed by atoms with E-state index < -0.39 is 18.2 Å². The Morgan fingerprint density at radius 2 is 2.06 bits per heavy atom. The van der Waals surface area contributed by atoms with E-state index in [9.17, 15) is 9.90 Å². The molecule has 0 aromatic carbocycles. The van der Waals surface area contributed by atoms with Crippen LogP contribution in [0.25, 0.3) is 0 Å². The van der Waals surface area contributed by atoms with E-state index in [4.69, 9.17) is 16.6 Å². The summed E-state index contributed by atoms with van der Waals surface area (Å²) in [6, 6.07) is 0. The van der Waals surface area contributed by atoms with E-state index >= 15 is 0 Å². The molecule has 3 N–H and O–H groups in total. The lowest BCUT2D eigenvalue weighted by Crippen LogP contribution is -2.04. The van der Waals surface area contributed by atoms with Crippen molar-refractivity contribution in [1.29, 1.82) is 0 Å². The van der Waals surface area contributed by atoms with E-state index in [1.807, 2.05) is 0 Å². The average molecular weight is 248 g/mol. The molecule has 0 aliphatic carbocycles. The van der Waals surface area contributed by atoms with Crippen molar-refractivity contribution in [3.05, 3.63) is 24.3 Å². The SMILES string of the molecule is C#C[C@H](O)/C=C/C=C/C#C[C@@H](O)CCCC(=O)O. The zero-order valence-electron chi connectivity index (χ0n) is 9.91. The molecule has 0 saturated heterocycles. The summed E-state index contributed by atoms with van der Waals surface area (Å²) in [6.45, 7) is 0. The highest BCUT2D eigenvalue weighted by Crippen LogP contribution is 1.99. The van der Waals surface area contributed by atoms with Gasteiger partial charge in [0.25, 0.3) is 0 Å². The first-order valence-corrected chi connectivity index (χ1v) is 5.44. The summed E-state index contributed by atoms with van der Waals surface area (Å²) < 4.78 is 0. The number of rotatable bonds is 6. The Balaban J connectivity index is 3.89. The van der Waals surface area contributed by atoms with Crippen LogP contribution < -0.4 is 0 Å². The average Bonchev–Trinajstić information content (AvgIpc) is 2.32. The smallest absolute Gasteiger partial charge is 0.303 e. The molecular weight excluding hydrogens is 232 g/mol. The van der Waals surface area contributed by atoms with E-state index in [1.54, 1.807) is 12.2 Å². The van der Waals surface area contributed by atoms with Crippen molar-refractivity contribution in [2.75, 3.05) is 0 Å². The molecule has 0 aliphatic heterocycles. The molecule has 0 amide bonds. The largest absolute Gasteiger partial charge is 0.481 e. The van der Waals surface area contributed by atoms with Crippen LogP contribution in [0.3, 0.4) is 0 Å². The normalized spacial score (nSPS) is 13.8. The summed E-state index contributed by atoms with van der Waals surface area (Å²) in [5.74, 6) is 6.39. The van der Waals surface area contributed by atoms with Gasteiger partial charge in [0.2, 0.25) is 0 Å². The Hall–Kier alpha value is -2.01. The fourth-order valence-corrected chi connectivity index (χ4v) is 0.992. The molecule has 0 unspecified atom stereocenters. The van der Waals surface area contributed by atoms with Gasteiger partial charge in [0.05, 0.1) is 0 Å². The van der Waals surface area contributed by atoms with Crippen LogP contribution in [-0.2, 0) is 4.79 Å². The van der Waals surface area contributed by atoms with E-state index in [0.717, 1.165) is 0 Å². The third-order valence-electron chi connectivity index (χ3n) is 1.87. The molecule has 0 fully saturated rings. The summed E-state index contributed by atoms with van der Waals surface area (Å²) in [4.78, 5) is 10.2. The van der Waals surface area contributed by atoms with Gasteiger partial charge in [-0.15, -0.1) is 6.42 Å². The van der Waals surface area contributed by atoms with Gasteiger partial charge in [0, 0.05) is 6.42 Å². The van der Waals surface area contributed by atoms with Crippen molar-refractivity contribution in [3.8, 4) is 24.2 Å². The summed E-state index contributed by atoms with van der Waals surface area (Å²) in [5.41, 5.74) is 0. The highest BCUT2D eigenvalue weighted by atomic mass is 16.4. The molecule has 18 heavy (non-hydrogen) atoms. The lowest BCUT2D eigenvalue weighted by molar-refractivity contribution is -0.137. The molecule has 2 atom stereocenters. The second-order valence-electron chi connectivity index (χ2n) is 3.45. The topological polar surface area (TPSA) is 77.8 Å². The molecule has 0 radical (unpaired) electrons. The van der Waals surface area contributed by atoms with Crippen LogP contribution in [0.2, 0.25) is 0 Å².